The largest absolute Gasteiger partial charge is 0.313 e. The van der Waals surface area contributed by atoms with Crippen LogP contribution in [0, 0.1) is 23.6 Å². The Morgan fingerprint density at radius 3 is 2.48 bits per heavy atom. The topological polar surface area (TPSA) is 12.0 Å². The summed E-state index contributed by atoms with van der Waals surface area (Å²) in [6, 6.07) is 7.57. The number of hydrogen-bond donors (Lipinski definition) is 1. The van der Waals surface area contributed by atoms with Crippen molar-refractivity contribution in [1.82, 2.24) is 5.32 Å². The summed E-state index contributed by atoms with van der Waals surface area (Å²) < 4.78 is 13.1. The molecule has 118 valence electrons. The van der Waals surface area contributed by atoms with Crippen LogP contribution in [0.2, 0.25) is 0 Å². The molecule has 2 heteroatoms. The van der Waals surface area contributed by atoms with Crippen molar-refractivity contribution in [2.45, 2.75) is 58.9 Å². The fourth-order valence-electron chi connectivity index (χ4n) is 3.56. The Labute approximate surface area is 129 Å². The quantitative estimate of drug-likeness (QED) is 0.793. The van der Waals surface area contributed by atoms with Crippen molar-refractivity contribution < 1.29 is 4.39 Å². The van der Waals surface area contributed by atoms with Crippen LogP contribution in [0.25, 0.3) is 0 Å². The molecule has 1 fully saturated rings. The average molecular weight is 291 g/mol. The second-order valence-electron chi connectivity index (χ2n) is 6.92. The van der Waals surface area contributed by atoms with Crippen molar-refractivity contribution in [3.05, 3.63) is 35.6 Å². The molecule has 0 aromatic heterocycles. The van der Waals surface area contributed by atoms with Crippen molar-refractivity contribution in [2.24, 2.45) is 17.8 Å². The first kappa shape index (κ1) is 16.5. The molecule has 0 saturated heterocycles. The third kappa shape index (κ3) is 4.81. The van der Waals surface area contributed by atoms with Crippen LogP contribution in [0.1, 0.15) is 52.0 Å². The van der Waals surface area contributed by atoms with Gasteiger partial charge in [-0.25, -0.2) is 4.39 Å². The molecule has 0 amide bonds. The van der Waals surface area contributed by atoms with Gasteiger partial charge in [-0.05, 0) is 67.7 Å². The van der Waals surface area contributed by atoms with Gasteiger partial charge in [0.25, 0.3) is 0 Å². The standard InChI is InChI=1S/C19H30FN/c1-4-11-21-19(13-16-6-9-18(20)10-7-16)17-8-5-14(2)15(3)12-17/h6-7,9-10,14-15,17,19,21H,4-5,8,11-13H2,1-3H3. The number of nitrogens with one attached hydrogen (secondary N) is 1. The summed E-state index contributed by atoms with van der Waals surface area (Å²) in [5.41, 5.74) is 1.25. The zero-order chi connectivity index (χ0) is 15.2. The third-order valence-electron chi connectivity index (χ3n) is 5.23. The molecule has 1 aliphatic rings. The summed E-state index contributed by atoms with van der Waals surface area (Å²) in [7, 11) is 0. The first-order valence-corrected chi connectivity index (χ1v) is 8.58. The summed E-state index contributed by atoms with van der Waals surface area (Å²) in [4.78, 5) is 0. The second kappa shape index (κ2) is 7.93. The minimum atomic E-state index is -0.142. The first-order valence-electron chi connectivity index (χ1n) is 8.58. The van der Waals surface area contributed by atoms with E-state index in [0.717, 1.165) is 30.7 Å². The lowest BCUT2D eigenvalue weighted by molar-refractivity contribution is 0.170. The van der Waals surface area contributed by atoms with Crippen molar-refractivity contribution in [1.29, 1.82) is 0 Å². The first-order chi connectivity index (χ1) is 10.1. The van der Waals surface area contributed by atoms with E-state index in [2.05, 4.69) is 26.1 Å². The van der Waals surface area contributed by atoms with Crippen LogP contribution in [0.5, 0.6) is 0 Å². The molecule has 0 radical (unpaired) electrons. The van der Waals surface area contributed by atoms with E-state index in [-0.39, 0.29) is 5.82 Å². The lowest BCUT2D eigenvalue weighted by Crippen LogP contribution is -2.41. The smallest absolute Gasteiger partial charge is 0.123 e. The Morgan fingerprint density at radius 2 is 1.86 bits per heavy atom. The van der Waals surface area contributed by atoms with Gasteiger partial charge in [0.1, 0.15) is 5.82 Å². The van der Waals surface area contributed by atoms with Crippen LogP contribution in [0.4, 0.5) is 4.39 Å². The lowest BCUT2D eigenvalue weighted by atomic mass is 9.72. The van der Waals surface area contributed by atoms with Gasteiger partial charge in [0, 0.05) is 6.04 Å². The van der Waals surface area contributed by atoms with Crippen molar-refractivity contribution >= 4 is 0 Å². The Balaban J connectivity index is 2.01. The highest BCUT2D eigenvalue weighted by molar-refractivity contribution is 5.17. The van der Waals surface area contributed by atoms with Crippen molar-refractivity contribution in [3.63, 3.8) is 0 Å². The molecule has 1 aromatic rings. The molecule has 1 nitrogen and oxygen atoms in total. The molecule has 0 heterocycles. The lowest BCUT2D eigenvalue weighted by Gasteiger charge is -2.37. The highest BCUT2D eigenvalue weighted by atomic mass is 19.1. The third-order valence-corrected chi connectivity index (χ3v) is 5.23. The Hall–Kier alpha value is -0.890. The maximum Gasteiger partial charge on any atom is 0.123 e. The highest BCUT2D eigenvalue weighted by Gasteiger charge is 2.29. The number of rotatable bonds is 6. The minimum Gasteiger partial charge on any atom is -0.313 e. The van der Waals surface area contributed by atoms with E-state index in [1.54, 1.807) is 12.1 Å². The minimum absolute atomic E-state index is 0.142. The predicted molar refractivity (Wildman–Crippen MR) is 87.9 cm³/mol. The molecule has 1 aliphatic carbocycles. The van der Waals surface area contributed by atoms with E-state index in [1.807, 2.05) is 12.1 Å². The molecular formula is C19H30FN. The van der Waals surface area contributed by atoms with E-state index in [1.165, 1.54) is 31.2 Å². The summed E-state index contributed by atoms with van der Waals surface area (Å²) >= 11 is 0. The zero-order valence-corrected chi connectivity index (χ0v) is 13.7. The fraction of sp³-hybridized carbons (Fsp3) is 0.684. The highest BCUT2D eigenvalue weighted by Crippen LogP contribution is 2.35. The Morgan fingerprint density at radius 1 is 1.14 bits per heavy atom. The molecule has 0 aliphatic heterocycles. The van der Waals surface area contributed by atoms with Gasteiger partial charge in [-0.1, -0.05) is 39.3 Å². The molecule has 4 atom stereocenters. The van der Waals surface area contributed by atoms with Gasteiger partial charge in [-0.15, -0.1) is 0 Å². The molecular weight excluding hydrogens is 261 g/mol. The van der Waals surface area contributed by atoms with Gasteiger partial charge in [0.2, 0.25) is 0 Å². The molecule has 0 bridgehead atoms. The molecule has 21 heavy (non-hydrogen) atoms. The maximum atomic E-state index is 13.1. The van der Waals surface area contributed by atoms with Gasteiger partial charge in [0.05, 0.1) is 0 Å². The monoisotopic (exact) mass is 291 g/mol. The SMILES string of the molecule is CCCNC(Cc1ccc(F)cc1)C1CCC(C)C(C)C1. The summed E-state index contributed by atoms with van der Waals surface area (Å²) in [5, 5.41) is 3.74. The number of halogens is 1. The van der Waals surface area contributed by atoms with Gasteiger partial charge in [-0.2, -0.15) is 0 Å². The average Bonchev–Trinajstić information content (AvgIpc) is 2.48. The molecule has 1 aromatic carbocycles. The molecule has 0 spiro atoms. The zero-order valence-electron chi connectivity index (χ0n) is 13.7. The van der Waals surface area contributed by atoms with Crippen molar-refractivity contribution in [2.75, 3.05) is 6.54 Å². The van der Waals surface area contributed by atoms with Crippen LogP contribution >= 0.6 is 0 Å². The van der Waals surface area contributed by atoms with Crippen LogP contribution < -0.4 is 5.32 Å². The van der Waals surface area contributed by atoms with Crippen molar-refractivity contribution in [3.8, 4) is 0 Å². The summed E-state index contributed by atoms with van der Waals surface area (Å²) in [5.74, 6) is 2.30. The van der Waals surface area contributed by atoms with Gasteiger partial charge >= 0.3 is 0 Å². The molecule has 1 N–H and O–H groups in total. The van der Waals surface area contributed by atoms with E-state index in [9.17, 15) is 4.39 Å². The number of hydrogen-bond acceptors (Lipinski definition) is 1. The van der Waals surface area contributed by atoms with Crippen LogP contribution in [0.3, 0.4) is 0 Å². The Bertz CT molecular complexity index is 414. The van der Waals surface area contributed by atoms with Gasteiger partial charge < -0.3 is 5.32 Å². The molecule has 1 saturated carbocycles. The van der Waals surface area contributed by atoms with Crippen LogP contribution in [-0.2, 0) is 6.42 Å². The summed E-state index contributed by atoms with van der Waals surface area (Å²) in [6.07, 6.45) is 6.18. The normalized spacial score (nSPS) is 27.5. The van der Waals surface area contributed by atoms with E-state index >= 15 is 0 Å². The summed E-state index contributed by atoms with van der Waals surface area (Å²) in [6.45, 7) is 8.07. The second-order valence-corrected chi connectivity index (χ2v) is 6.92. The van der Waals surface area contributed by atoms with Crippen LogP contribution in [0.15, 0.2) is 24.3 Å². The van der Waals surface area contributed by atoms with E-state index in [4.69, 9.17) is 0 Å². The Kier molecular flexibility index (Phi) is 6.22. The number of benzene rings is 1. The fourth-order valence-corrected chi connectivity index (χ4v) is 3.56. The molecule has 2 rings (SSSR count). The maximum absolute atomic E-state index is 13.1. The van der Waals surface area contributed by atoms with Gasteiger partial charge in [0.15, 0.2) is 0 Å². The van der Waals surface area contributed by atoms with E-state index in [0.29, 0.717) is 6.04 Å². The van der Waals surface area contributed by atoms with Crippen LogP contribution in [-0.4, -0.2) is 12.6 Å². The molecule has 4 unspecified atom stereocenters. The predicted octanol–water partition coefficient (Wildman–Crippen LogP) is 4.81. The van der Waals surface area contributed by atoms with E-state index < -0.39 is 0 Å². The van der Waals surface area contributed by atoms with Gasteiger partial charge in [-0.3, -0.25) is 0 Å².